The minimum atomic E-state index is -0.336. The fraction of sp³-hybridized carbons (Fsp3) is 0.571. The van der Waals surface area contributed by atoms with Crippen molar-refractivity contribution in [3.63, 3.8) is 0 Å². The van der Waals surface area contributed by atoms with Crippen LogP contribution in [0.1, 0.15) is 44.6 Å². The van der Waals surface area contributed by atoms with E-state index in [1.807, 2.05) is 6.92 Å². The van der Waals surface area contributed by atoms with E-state index in [1.54, 1.807) is 22.0 Å². The number of fused-ring (bicyclic) bond motifs is 3. The zero-order valence-corrected chi connectivity index (χ0v) is 18.7. The molecule has 28 heavy (non-hydrogen) atoms. The van der Waals surface area contributed by atoms with Crippen LogP contribution in [-0.2, 0) is 24.2 Å². The number of nitrogens with one attached hydrogen (secondary N) is 1. The molecule has 1 N–H and O–H groups in total. The first-order valence-electron chi connectivity index (χ1n) is 9.92. The van der Waals surface area contributed by atoms with Gasteiger partial charge in [0.05, 0.1) is 10.6 Å². The van der Waals surface area contributed by atoms with Gasteiger partial charge in [0.25, 0.3) is 5.56 Å². The van der Waals surface area contributed by atoms with Crippen molar-refractivity contribution in [1.82, 2.24) is 14.9 Å². The molecule has 2 aromatic heterocycles. The largest absolute Gasteiger partial charge is 0.352 e. The smallest absolute Gasteiger partial charge is 0.263 e. The van der Waals surface area contributed by atoms with Crippen LogP contribution in [-0.4, -0.2) is 27.3 Å². The molecule has 152 valence electrons. The third kappa shape index (κ3) is 4.35. The van der Waals surface area contributed by atoms with E-state index in [1.165, 1.54) is 22.2 Å². The Bertz CT molecular complexity index is 945. The number of rotatable bonds is 7. The van der Waals surface area contributed by atoms with E-state index in [4.69, 9.17) is 4.98 Å². The first kappa shape index (κ1) is 21.1. The Morgan fingerprint density at radius 1 is 1.46 bits per heavy atom. The monoisotopic (exact) mass is 419 g/mol. The Morgan fingerprint density at radius 2 is 2.21 bits per heavy atom. The van der Waals surface area contributed by atoms with Crippen molar-refractivity contribution in [1.29, 1.82) is 0 Å². The number of aryl methyl sites for hydroxylation is 1. The molecular formula is C21H29N3O2S2. The standard InChI is InChI=1S/C21H29N3O2S2/c1-6-9-22-18(25)14(5)27-21-23-19-17(20(26)24(21)11-12(2)3)15-8-7-13(4)10-16(15)28-19/h6,12-14H,1,7-11H2,2-5H3,(H,22,25)/t13-,14+/m1/s1. The summed E-state index contributed by atoms with van der Waals surface area (Å²) in [4.78, 5) is 32.7. The first-order chi connectivity index (χ1) is 13.3. The lowest BCUT2D eigenvalue weighted by Gasteiger charge is -2.18. The molecule has 0 fully saturated rings. The Hall–Kier alpha value is -1.60. The van der Waals surface area contributed by atoms with Crippen LogP contribution in [0.5, 0.6) is 0 Å². The van der Waals surface area contributed by atoms with Crippen molar-refractivity contribution in [2.75, 3.05) is 6.54 Å². The van der Waals surface area contributed by atoms with Crippen LogP contribution in [0.4, 0.5) is 0 Å². The molecule has 1 amide bonds. The first-order valence-corrected chi connectivity index (χ1v) is 11.6. The molecule has 0 aliphatic heterocycles. The summed E-state index contributed by atoms with van der Waals surface area (Å²) < 4.78 is 1.78. The van der Waals surface area contributed by atoms with Gasteiger partial charge in [-0.25, -0.2) is 4.98 Å². The predicted molar refractivity (Wildman–Crippen MR) is 118 cm³/mol. The molecule has 7 heteroatoms. The molecule has 3 rings (SSSR count). The summed E-state index contributed by atoms with van der Waals surface area (Å²) in [7, 11) is 0. The third-order valence-corrected chi connectivity index (χ3v) is 7.24. The Morgan fingerprint density at radius 3 is 2.89 bits per heavy atom. The van der Waals surface area contributed by atoms with Gasteiger partial charge in [0.1, 0.15) is 4.83 Å². The van der Waals surface area contributed by atoms with E-state index in [9.17, 15) is 9.59 Å². The lowest BCUT2D eigenvalue weighted by molar-refractivity contribution is -0.120. The summed E-state index contributed by atoms with van der Waals surface area (Å²) in [5.74, 6) is 0.895. The van der Waals surface area contributed by atoms with Crippen molar-refractivity contribution in [2.45, 2.75) is 63.9 Å². The molecule has 0 saturated heterocycles. The van der Waals surface area contributed by atoms with Crippen molar-refractivity contribution >= 4 is 39.2 Å². The van der Waals surface area contributed by atoms with Crippen LogP contribution in [0.3, 0.4) is 0 Å². The number of thioether (sulfide) groups is 1. The molecule has 1 aliphatic rings. The SMILES string of the molecule is C=CCNC(=O)[C@H](C)Sc1nc2sc3c(c2c(=O)n1CC(C)C)CC[C@@H](C)C3. The van der Waals surface area contributed by atoms with Crippen LogP contribution in [0.25, 0.3) is 10.2 Å². The van der Waals surface area contributed by atoms with E-state index in [2.05, 4.69) is 32.7 Å². The van der Waals surface area contributed by atoms with Gasteiger partial charge in [-0.15, -0.1) is 17.9 Å². The van der Waals surface area contributed by atoms with Gasteiger partial charge in [-0.05, 0) is 43.6 Å². The van der Waals surface area contributed by atoms with Crippen molar-refractivity contribution in [3.05, 3.63) is 33.4 Å². The number of carbonyl (C=O) groups is 1. The molecule has 2 aromatic rings. The molecular weight excluding hydrogens is 390 g/mol. The van der Waals surface area contributed by atoms with Crippen LogP contribution in [0.2, 0.25) is 0 Å². The van der Waals surface area contributed by atoms with Crippen molar-refractivity contribution in [3.8, 4) is 0 Å². The van der Waals surface area contributed by atoms with Crippen molar-refractivity contribution in [2.24, 2.45) is 11.8 Å². The lowest BCUT2D eigenvalue weighted by atomic mass is 9.89. The predicted octanol–water partition coefficient (Wildman–Crippen LogP) is 4.02. The van der Waals surface area contributed by atoms with Crippen molar-refractivity contribution < 1.29 is 4.79 Å². The number of hydrogen-bond acceptors (Lipinski definition) is 5. The summed E-state index contributed by atoms with van der Waals surface area (Å²) in [6, 6.07) is 0. The normalized spacial score (nSPS) is 17.5. The van der Waals surface area contributed by atoms with E-state index >= 15 is 0 Å². The molecule has 2 atom stereocenters. The number of nitrogens with zero attached hydrogens (tertiary/aromatic N) is 2. The number of hydrogen-bond donors (Lipinski definition) is 1. The highest BCUT2D eigenvalue weighted by molar-refractivity contribution is 8.00. The van der Waals surface area contributed by atoms with Crippen LogP contribution in [0.15, 0.2) is 22.6 Å². The highest BCUT2D eigenvalue weighted by atomic mass is 32.2. The molecule has 0 aromatic carbocycles. The average molecular weight is 420 g/mol. The molecule has 0 radical (unpaired) electrons. The molecule has 2 heterocycles. The quantitative estimate of drug-likeness (QED) is 0.418. The lowest BCUT2D eigenvalue weighted by Crippen LogP contribution is -2.32. The Kier molecular flexibility index (Phi) is 6.65. The molecule has 0 unspecified atom stereocenters. The van der Waals surface area contributed by atoms with Gasteiger partial charge in [0.2, 0.25) is 5.91 Å². The zero-order valence-electron chi connectivity index (χ0n) is 17.1. The second-order valence-electron chi connectivity index (χ2n) is 8.03. The van der Waals surface area contributed by atoms with Crippen LogP contribution in [0, 0.1) is 11.8 Å². The van der Waals surface area contributed by atoms with Crippen LogP contribution >= 0.6 is 23.1 Å². The van der Waals surface area contributed by atoms with Gasteiger partial charge < -0.3 is 5.32 Å². The summed E-state index contributed by atoms with van der Waals surface area (Å²) in [5, 5.41) is 3.93. The van der Waals surface area contributed by atoms with Gasteiger partial charge in [-0.3, -0.25) is 14.2 Å². The number of aromatic nitrogens is 2. The Labute approximate surface area is 174 Å². The summed E-state index contributed by atoms with van der Waals surface area (Å²) in [6.07, 6.45) is 4.77. The highest BCUT2D eigenvalue weighted by Gasteiger charge is 2.26. The average Bonchev–Trinajstić information content (AvgIpc) is 2.99. The molecule has 1 aliphatic carbocycles. The second kappa shape index (κ2) is 8.82. The van der Waals surface area contributed by atoms with Gasteiger partial charge in [-0.1, -0.05) is 38.6 Å². The van der Waals surface area contributed by atoms with Gasteiger partial charge >= 0.3 is 0 Å². The molecule has 0 spiro atoms. The highest BCUT2D eigenvalue weighted by Crippen LogP contribution is 2.37. The van der Waals surface area contributed by atoms with Gasteiger partial charge in [-0.2, -0.15) is 0 Å². The van der Waals surface area contributed by atoms with E-state index in [0.29, 0.717) is 30.1 Å². The van der Waals surface area contributed by atoms with Gasteiger partial charge in [0, 0.05) is 18.0 Å². The molecule has 0 saturated carbocycles. The number of amides is 1. The fourth-order valence-corrected chi connectivity index (χ4v) is 5.92. The molecule has 0 bridgehead atoms. The van der Waals surface area contributed by atoms with E-state index < -0.39 is 0 Å². The fourth-order valence-electron chi connectivity index (χ4n) is 3.55. The minimum Gasteiger partial charge on any atom is -0.352 e. The Balaban J connectivity index is 2.04. The number of thiophene rings is 1. The van der Waals surface area contributed by atoms with Gasteiger partial charge in [0.15, 0.2) is 5.16 Å². The summed E-state index contributed by atoms with van der Waals surface area (Å²) in [5.41, 5.74) is 1.26. The maximum atomic E-state index is 13.4. The summed E-state index contributed by atoms with van der Waals surface area (Å²) in [6.45, 7) is 13.0. The number of carbonyl (C=O) groups excluding carboxylic acids is 1. The third-order valence-electron chi connectivity index (χ3n) is 5.00. The maximum absolute atomic E-state index is 13.4. The zero-order chi connectivity index (χ0) is 20.4. The maximum Gasteiger partial charge on any atom is 0.263 e. The second-order valence-corrected chi connectivity index (χ2v) is 10.4. The molecule has 5 nitrogen and oxygen atoms in total. The summed E-state index contributed by atoms with van der Waals surface area (Å²) >= 11 is 3.02. The van der Waals surface area contributed by atoms with E-state index in [-0.39, 0.29) is 16.7 Å². The van der Waals surface area contributed by atoms with E-state index in [0.717, 1.165) is 29.5 Å². The topological polar surface area (TPSA) is 64.0 Å². The van der Waals surface area contributed by atoms with Crippen LogP contribution < -0.4 is 10.9 Å². The minimum absolute atomic E-state index is 0.0481.